The van der Waals surface area contributed by atoms with Gasteiger partial charge in [0.2, 0.25) is 0 Å². The monoisotopic (exact) mass is 262 g/mol. The topological polar surface area (TPSA) is 29.3 Å². The number of rotatable bonds is 2. The largest absolute Gasteiger partial charge is 0.371 e. The summed E-state index contributed by atoms with van der Waals surface area (Å²) in [5.41, 5.74) is 8.36. The lowest BCUT2D eigenvalue weighted by molar-refractivity contribution is 0.602. The number of nitrogens with two attached hydrogens (primary N) is 1. The van der Waals surface area contributed by atoms with Gasteiger partial charge >= 0.3 is 0 Å². The highest BCUT2D eigenvalue weighted by atomic mass is 35.5. The van der Waals surface area contributed by atoms with Gasteiger partial charge in [-0.15, -0.1) is 24.8 Å². The van der Waals surface area contributed by atoms with Gasteiger partial charge in [0.25, 0.3) is 0 Å². The zero-order valence-electron chi connectivity index (χ0n) is 9.56. The lowest BCUT2D eigenvalue weighted by Crippen LogP contribution is -2.22. The number of halogens is 2. The van der Waals surface area contributed by atoms with E-state index in [0.717, 1.165) is 19.6 Å². The summed E-state index contributed by atoms with van der Waals surface area (Å²) in [5.74, 6) is 0.690. The predicted octanol–water partition coefficient (Wildman–Crippen LogP) is 2.62. The Kier molecular flexibility index (Phi) is 6.81. The predicted molar refractivity (Wildman–Crippen MR) is 75.0 cm³/mol. The second kappa shape index (κ2) is 7.00. The fourth-order valence-corrected chi connectivity index (χ4v) is 2.08. The Morgan fingerprint density at radius 3 is 2.69 bits per heavy atom. The minimum atomic E-state index is 0. The third-order valence-corrected chi connectivity index (χ3v) is 2.99. The first-order valence-electron chi connectivity index (χ1n) is 5.31. The maximum absolute atomic E-state index is 5.68. The van der Waals surface area contributed by atoms with E-state index in [1.165, 1.54) is 17.7 Å². The van der Waals surface area contributed by atoms with Crippen LogP contribution >= 0.6 is 24.8 Å². The Labute approximate surface area is 110 Å². The average Bonchev–Trinajstić information content (AvgIpc) is 2.66. The lowest BCUT2D eigenvalue weighted by atomic mass is 10.1. The molecule has 1 aliphatic heterocycles. The summed E-state index contributed by atoms with van der Waals surface area (Å²) in [6.07, 6.45) is 1.24. The first-order chi connectivity index (χ1) is 6.79. The maximum atomic E-state index is 5.68. The van der Waals surface area contributed by atoms with Gasteiger partial charge in [0.1, 0.15) is 0 Å². The summed E-state index contributed by atoms with van der Waals surface area (Å²) in [5, 5.41) is 0. The van der Waals surface area contributed by atoms with Crippen molar-refractivity contribution in [3.63, 3.8) is 0 Å². The van der Waals surface area contributed by atoms with Crippen LogP contribution in [0.15, 0.2) is 24.3 Å². The summed E-state index contributed by atoms with van der Waals surface area (Å²) in [6, 6.07) is 8.70. The van der Waals surface area contributed by atoms with Gasteiger partial charge in [-0.25, -0.2) is 0 Å². The SMILES string of the molecule is Cc1cccc(N2CCC(CN)C2)c1.Cl.Cl. The van der Waals surface area contributed by atoms with Gasteiger partial charge in [0, 0.05) is 18.8 Å². The molecule has 1 heterocycles. The van der Waals surface area contributed by atoms with Crippen LogP contribution in [0, 0.1) is 12.8 Å². The van der Waals surface area contributed by atoms with Crippen molar-refractivity contribution < 1.29 is 0 Å². The third kappa shape index (κ3) is 3.55. The quantitative estimate of drug-likeness (QED) is 0.888. The maximum Gasteiger partial charge on any atom is 0.0368 e. The molecule has 92 valence electrons. The Bertz CT molecular complexity index is 318. The van der Waals surface area contributed by atoms with E-state index in [1.807, 2.05) is 0 Å². The number of benzene rings is 1. The summed E-state index contributed by atoms with van der Waals surface area (Å²) < 4.78 is 0. The van der Waals surface area contributed by atoms with Crippen LogP contribution in [0.25, 0.3) is 0 Å². The zero-order valence-corrected chi connectivity index (χ0v) is 11.2. The van der Waals surface area contributed by atoms with Crippen LogP contribution in [0.2, 0.25) is 0 Å². The van der Waals surface area contributed by atoms with Crippen LogP contribution in [-0.2, 0) is 0 Å². The number of aryl methyl sites for hydroxylation is 1. The van der Waals surface area contributed by atoms with E-state index in [0.29, 0.717) is 5.92 Å². The molecule has 1 atom stereocenters. The molecule has 1 aromatic rings. The number of hydrogen-bond donors (Lipinski definition) is 1. The van der Waals surface area contributed by atoms with Gasteiger partial charge in [0.05, 0.1) is 0 Å². The Morgan fingerprint density at radius 1 is 1.38 bits per heavy atom. The molecule has 0 bridgehead atoms. The molecule has 0 amide bonds. The molecule has 0 aromatic heterocycles. The molecule has 2 nitrogen and oxygen atoms in total. The highest BCUT2D eigenvalue weighted by Gasteiger charge is 2.20. The van der Waals surface area contributed by atoms with E-state index in [9.17, 15) is 0 Å². The molecule has 1 unspecified atom stereocenters. The summed E-state index contributed by atoms with van der Waals surface area (Å²) in [4.78, 5) is 2.44. The van der Waals surface area contributed by atoms with E-state index in [1.54, 1.807) is 0 Å². The molecule has 0 aliphatic carbocycles. The summed E-state index contributed by atoms with van der Waals surface area (Å²) >= 11 is 0. The highest BCUT2D eigenvalue weighted by Crippen LogP contribution is 2.23. The lowest BCUT2D eigenvalue weighted by Gasteiger charge is -2.18. The van der Waals surface area contributed by atoms with Crippen molar-refractivity contribution in [1.29, 1.82) is 0 Å². The van der Waals surface area contributed by atoms with Gasteiger partial charge in [-0.2, -0.15) is 0 Å². The first-order valence-corrected chi connectivity index (χ1v) is 5.31. The number of nitrogens with zero attached hydrogens (tertiary/aromatic N) is 1. The molecular formula is C12H20Cl2N2. The van der Waals surface area contributed by atoms with Crippen molar-refractivity contribution in [1.82, 2.24) is 0 Å². The Balaban J connectivity index is 0.00000112. The third-order valence-electron chi connectivity index (χ3n) is 2.99. The van der Waals surface area contributed by atoms with Crippen molar-refractivity contribution in [2.24, 2.45) is 11.7 Å². The minimum Gasteiger partial charge on any atom is -0.371 e. The van der Waals surface area contributed by atoms with Gasteiger partial charge < -0.3 is 10.6 Å². The van der Waals surface area contributed by atoms with E-state index in [4.69, 9.17) is 5.73 Å². The Morgan fingerprint density at radius 2 is 2.12 bits per heavy atom. The minimum absolute atomic E-state index is 0. The summed E-state index contributed by atoms with van der Waals surface area (Å²) in [6.45, 7) is 5.24. The Hall–Kier alpha value is -0.440. The van der Waals surface area contributed by atoms with Gasteiger partial charge in [0.15, 0.2) is 0 Å². The molecule has 1 aliphatic rings. The number of hydrogen-bond acceptors (Lipinski definition) is 2. The van der Waals surface area contributed by atoms with Crippen LogP contribution in [0.5, 0.6) is 0 Å². The second-order valence-electron chi connectivity index (χ2n) is 4.18. The molecule has 16 heavy (non-hydrogen) atoms. The van der Waals surface area contributed by atoms with Gasteiger partial charge in [-0.3, -0.25) is 0 Å². The second-order valence-corrected chi connectivity index (χ2v) is 4.18. The molecular weight excluding hydrogens is 243 g/mol. The molecule has 0 radical (unpaired) electrons. The normalized spacial score (nSPS) is 18.9. The average molecular weight is 263 g/mol. The molecule has 4 heteroatoms. The van der Waals surface area contributed by atoms with Crippen molar-refractivity contribution in [2.45, 2.75) is 13.3 Å². The van der Waals surface area contributed by atoms with Crippen LogP contribution in [0.3, 0.4) is 0 Å². The molecule has 0 saturated carbocycles. The van der Waals surface area contributed by atoms with E-state index in [-0.39, 0.29) is 24.8 Å². The van der Waals surface area contributed by atoms with E-state index >= 15 is 0 Å². The molecule has 1 saturated heterocycles. The van der Waals surface area contributed by atoms with E-state index < -0.39 is 0 Å². The molecule has 2 rings (SSSR count). The smallest absolute Gasteiger partial charge is 0.0368 e. The van der Waals surface area contributed by atoms with Crippen molar-refractivity contribution >= 4 is 30.5 Å². The van der Waals surface area contributed by atoms with Crippen LogP contribution in [-0.4, -0.2) is 19.6 Å². The fourth-order valence-electron chi connectivity index (χ4n) is 2.08. The van der Waals surface area contributed by atoms with Crippen molar-refractivity contribution in [2.75, 3.05) is 24.5 Å². The van der Waals surface area contributed by atoms with Crippen LogP contribution < -0.4 is 10.6 Å². The molecule has 0 spiro atoms. The number of anilines is 1. The van der Waals surface area contributed by atoms with Crippen molar-refractivity contribution in [3.05, 3.63) is 29.8 Å². The van der Waals surface area contributed by atoms with E-state index in [2.05, 4.69) is 36.1 Å². The molecule has 2 N–H and O–H groups in total. The van der Waals surface area contributed by atoms with Crippen molar-refractivity contribution in [3.8, 4) is 0 Å². The first kappa shape index (κ1) is 15.6. The van der Waals surface area contributed by atoms with Crippen LogP contribution in [0.4, 0.5) is 5.69 Å². The molecule has 1 fully saturated rings. The van der Waals surface area contributed by atoms with Gasteiger partial charge in [-0.05, 0) is 43.5 Å². The summed E-state index contributed by atoms with van der Waals surface area (Å²) in [7, 11) is 0. The highest BCUT2D eigenvalue weighted by molar-refractivity contribution is 5.85. The zero-order chi connectivity index (χ0) is 9.97. The fraction of sp³-hybridized carbons (Fsp3) is 0.500. The molecule has 1 aromatic carbocycles. The van der Waals surface area contributed by atoms with Crippen LogP contribution in [0.1, 0.15) is 12.0 Å². The standard InChI is InChI=1S/C12H18N2.2ClH/c1-10-3-2-4-12(7-10)14-6-5-11(8-13)9-14;;/h2-4,7,11H,5-6,8-9,13H2,1H3;2*1H. The van der Waals surface area contributed by atoms with Gasteiger partial charge in [-0.1, -0.05) is 12.1 Å².